The van der Waals surface area contributed by atoms with Gasteiger partial charge in [0.25, 0.3) is 0 Å². The van der Waals surface area contributed by atoms with Gasteiger partial charge in [0.15, 0.2) is 0 Å². The zero-order valence-corrected chi connectivity index (χ0v) is 18.2. The third-order valence-electron chi connectivity index (χ3n) is 6.55. The van der Waals surface area contributed by atoms with Crippen LogP contribution in [-0.2, 0) is 6.42 Å². The zero-order valence-electron chi connectivity index (χ0n) is 18.2. The van der Waals surface area contributed by atoms with E-state index in [9.17, 15) is 9.90 Å². The molecule has 0 spiro atoms. The summed E-state index contributed by atoms with van der Waals surface area (Å²) in [6, 6.07) is 17.2. The van der Waals surface area contributed by atoms with E-state index >= 15 is 0 Å². The molecule has 3 aromatic rings. The van der Waals surface area contributed by atoms with Gasteiger partial charge in [-0.1, -0.05) is 18.2 Å². The van der Waals surface area contributed by atoms with Gasteiger partial charge in [-0.05, 0) is 78.7 Å². The monoisotopic (exact) mass is 428 g/mol. The molecule has 0 unspecified atom stereocenters. The summed E-state index contributed by atoms with van der Waals surface area (Å²) >= 11 is 0. The third kappa shape index (κ3) is 4.18. The topological polar surface area (TPSA) is 77.5 Å². The Hall–Kier alpha value is -3.38. The van der Waals surface area contributed by atoms with E-state index in [2.05, 4.69) is 70.0 Å². The van der Waals surface area contributed by atoms with Crippen LogP contribution in [0.2, 0.25) is 0 Å². The maximum absolute atomic E-state index is 11.5. The maximum Gasteiger partial charge on any atom is 0.337 e. The lowest BCUT2D eigenvalue weighted by Gasteiger charge is -2.29. The number of carboxylic acid groups (broad SMARTS) is 1. The van der Waals surface area contributed by atoms with Gasteiger partial charge in [-0.2, -0.15) is 0 Å². The Balaban J connectivity index is 1.31. The van der Waals surface area contributed by atoms with Gasteiger partial charge in [-0.3, -0.25) is 4.98 Å². The Labute approximate surface area is 188 Å². The molecule has 2 aliphatic rings. The van der Waals surface area contributed by atoms with Gasteiger partial charge in [0.1, 0.15) is 0 Å². The fraction of sp³-hybridized carbons (Fsp3) is 0.308. The van der Waals surface area contributed by atoms with Crippen LogP contribution in [0.3, 0.4) is 0 Å². The lowest BCUT2D eigenvalue weighted by atomic mass is 9.93. The minimum Gasteiger partial charge on any atom is -0.478 e. The van der Waals surface area contributed by atoms with Gasteiger partial charge in [0.2, 0.25) is 0 Å². The first-order chi connectivity index (χ1) is 15.6. The van der Waals surface area contributed by atoms with Crippen molar-refractivity contribution in [1.29, 1.82) is 0 Å². The summed E-state index contributed by atoms with van der Waals surface area (Å²) in [6.45, 7) is 1.48. The average molecular weight is 429 g/mol. The lowest BCUT2D eigenvalue weighted by molar-refractivity contribution is 0.0697. The molecule has 1 saturated carbocycles. The Morgan fingerprint density at radius 3 is 2.69 bits per heavy atom. The fourth-order valence-corrected chi connectivity index (χ4v) is 4.50. The summed E-state index contributed by atoms with van der Waals surface area (Å²) in [6.07, 6.45) is 6.69. The van der Waals surface area contributed by atoms with E-state index in [1.54, 1.807) is 6.20 Å². The predicted molar refractivity (Wildman–Crippen MR) is 127 cm³/mol. The van der Waals surface area contributed by atoms with Crippen molar-refractivity contribution >= 4 is 23.0 Å². The van der Waals surface area contributed by atoms with Crippen molar-refractivity contribution < 1.29 is 9.90 Å². The minimum atomic E-state index is -0.954. The van der Waals surface area contributed by atoms with Crippen LogP contribution in [-0.4, -0.2) is 36.2 Å². The Kier molecular flexibility index (Phi) is 5.53. The van der Waals surface area contributed by atoms with Crippen LogP contribution in [0.5, 0.6) is 0 Å². The Bertz CT molecular complexity index is 1120. The van der Waals surface area contributed by atoms with Crippen molar-refractivity contribution in [1.82, 2.24) is 10.3 Å². The first-order valence-corrected chi connectivity index (χ1v) is 11.2. The van der Waals surface area contributed by atoms with Crippen LogP contribution in [0.15, 0.2) is 60.9 Å². The molecule has 3 N–H and O–H groups in total. The SMILES string of the molecule is CN(c1ccc(C2CC2)cc1)c1ccc2c(c1)CCN[C@@H]2CNc1cnccc1C(=O)O. The van der Waals surface area contributed by atoms with Gasteiger partial charge in [0, 0.05) is 37.2 Å². The second-order valence-electron chi connectivity index (χ2n) is 8.67. The van der Waals surface area contributed by atoms with E-state index < -0.39 is 5.97 Å². The largest absolute Gasteiger partial charge is 0.478 e. The molecule has 0 saturated heterocycles. The summed E-state index contributed by atoms with van der Waals surface area (Å²) in [4.78, 5) is 17.8. The van der Waals surface area contributed by atoms with Crippen molar-refractivity contribution in [2.24, 2.45) is 0 Å². The average Bonchev–Trinajstić information content (AvgIpc) is 3.68. The first kappa shape index (κ1) is 20.5. The van der Waals surface area contributed by atoms with Crippen molar-refractivity contribution in [2.75, 3.05) is 30.4 Å². The maximum atomic E-state index is 11.5. The molecule has 1 aliphatic carbocycles. The molecular formula is C26H28N4O2. The lowest BCUT2D eigenvalue weighted by Crippen LogP contribution is -2.34. The molecule has 164 valence electrons. The number of hydrogen-bond acceptors (Lipinski definition) is 5. The highest BCUT2D eigenvalue weighted by molar-refractivity contribution is 5.93. The Morgan fingerprint density at radius 1 is 1.16 bits per heavy atom. The fourth-order valence-electron chi connectivity index (χ4n) is 4.50. The molecule has 6 nitrogen and oxygen atoms in total. The number of nitrogens with one attached hydrogen (secondary N) is 2. The van der Waals surface area contributed by atoms with Gasteiger partial charge >= 0.3 is 5.97 Å². The second-order valence-corrected chi connectivity index (χ2v) is 8.67. The van der Waals surface area contributed by atoms with E-state index in [1.165, 1.54) is 53.2 Å². The Morgan fingerprint density at radius 2 is 1.94 bits per heavy atom. The number of aromatic carboxylic acids is 1. The molecule has 1 aromatic heterocycles. The van der Waals surface area contributed by atoms with Crippen molar-refractivity contribution in [3.05, 3.63) is 83.2 Å². The number of hydrogen-bond donors (Lipinski definition) is 3. The molecule has 2 heterocycles. The number of aromatic nitrogens is 1. The highest BCUT2D eigenvalue weighted by Gasteiger charge is 2.24. The van der Waals surface area contributed by atoms with Crippen LogP contribution in [0.1, 0.15) is 51.8 Å². The molecule has 1 aliphatic heterocycles. The van der Waals surface area contributed by atoms with Gasteiger partial charge < -0.3 is 20.6 Å². The molecule has 1 fully saturated rings. The first-order valence-electron chi connectivity index (χ1n) is 11.2. The summed E-state index contributed by atoms with van der Waals surface area (Å²) in [5.74, 6) is -0.181. The molecule has 5 rings (SSSR count). The van der Waals surface area contributed by atoms with Gasteiger partial charge in [0.05, 0.1) is 17.4 Å². The molecule has 0 amide bonds. The number of benzene rings is 2. The van der Waals surface area contributed by atoms with Crippen LogP contribution >= 0.6 is 0 Å². The van der Waals surface area contributed by atoms with Crippen LogP contribution in [0.4, 0.5) is 17.1 Å². The quantitative estimate of drug-likeness (QED) is 0.505. The summed E-state index contributed by atoms with van der Waals surface area (Å²) in [5.41, 5.74) is 7.19. The van der Waals surface area contributed by atoms with Gasteiger partial charge in [-0.25, -0.2) is 4.79 Å². The molecule has 0 bridgehead atoms. The minimum absolute atomic E-state index is 0.109. The molecule has 2 aromatic carbocycles. The zero-order chi connectivity index (χ0) is 22.1. The molecule has 1 atom stereocenters. The van der Waals surface area contributed by atoms with Gasteiger partial charge in [-0.15, -0.1) is 0 Å². The smallest absolute Gasteiger partial charge is 0.337 e. The van der Waals surface area contributed by atoms with Crippen molar-refractivity contribution in [3.63, 3.8) is 0 Å². The van der Waals surface area contributed by atoms with Crippen LogP contribution in [0.25, 0.3) is 0 Å². The number of carbonyl (C=O) groups is 1. The number of nitrogens with zero attached hydrogens (tertiary/aromatic N) is 2. The molecule has 0 radical (unpaired) electrons. The van der Waals surface area contributed by atoms with Crippen LogP contribution in [0, 0.1) is 0 Å². The third-order valence-corrected chi connectivity index (χ3v) is 6.55. The van der Waals surface area contributed by atoms with E-state index in [0.29, 0.717) is 12.2 Å². The number of pyridine rings is 1. The van der Waals surface area contributed by atoms with E-state index in [1.807, 2.05) is 0 Å². The number of rotatable bonds is 7. The predicted octanol–water partition coefficient (Wildman–Crippen LogP) is 4.72. The molecule has 6 heteroatoms. The van der Waals surface area contributed by atoms with E-state index in [-0.39, 0.29) is 11.6 Å². The number of fused-ring (bicyclic) bond motifs is 1. The summed E-state index contributed by atoms with van der Waals surface area (Å²) < 4.78 is 0. The molecule has 32 heavy (non-hydrogen) atoms. The number of anilines is 3. The molecular weight excluding hydrogens is 400 g/mol. The van der Waals surface area contributed by atoms with Crippen molar-refractivity contribution in [3.8, 4) is 0 Å². The normalized spacial score (nSPS) is 17.5. The number of carboxylic acids is 1. The van der Waals surface area contributed by atoms with Crippen molar-refractivity contribution in [2.45, 2.75) is 31.2 Å². The standard InChI is InChI=1S/C26H28N4O2/c1-30(20-6-4-18(5-7-20)17-2-3-17)21-8-9-22-19(14-21)10-13-28-25(22)16-29-24-15-27-12-11-23(24)26(31)32/h4-9,11-12,14-15,17,25,28-29H,2-3,10,13,16H2,1H3,(H,31,32)/t25-/m1/s1. The summed E-state index contributed by atoms with van der Waals surface area (Å²) in [7, 11) is 2.11. The summed E-state index contributed by atoms with van der Waals surface area (Å²) in [5, 5.41) is 16.2. The highest BCUT2D eigenvalue weighted by Crippen LogP contribution is 2.40. The second kappa shape index (κ2) is 8.63. The van der Waals surface area contributed by atoms with E-state index in [4.69, 9.17) is 0 Å². The highest BCUT2D eigenvalue weighted by atomic mass is 16.4. The van der Waals surface area contributed by atoms with E-state index in [0.717, 1.165) is 18.9 Å². The van der Waals surface area contributed by atoms with Crippen LogP contribution < -0.4 is 15.5 Å².